The van der Waals surface area contributed by atoms with Crippen LogP contribution in [0.15, 0.2) is 39.3 Å². The van der Waals surface area contributed by atoms with E-state index in [2.05, 4.69) is 37.9 Å². The summed E-state index contributed by atoms with van der Waals surface area (Å²) in [7, 11) is 0. The smallest absolute Gasteiger partial charge is 0.125 e. The van der Waals surface area contributed by atoms with E-state index in [1.807, 2.05) is 31.2 Å². The van der Waals surface area contributed by atoms with Crippen LogP contribution in [0.25, 0.3) is 0 Å². The van der Waals surface area contributed by atoms with Crippen molar-refractivity contribution >= 4 is 31.9 Å². The summed E-state index contributed by atoms with van der Waals surface area (Å²) in [5.41, 5.74) is 4.33. The topological polar surface area (TPSA) is 29.5 Å². The van der Waals surface area contributed by atoms with Crippen LogP contribution in [0.2, 0.25) is 0 Å². The van der Waals surface area contributed by atoms with Crippen LogP contribution in [0.1, 0.15) is 28.4 Å². The van der Waals surface area contributed by atoms with E-state index in [1.54, 1.807) is 0 Å². The molecule has 110 valence electrons. The summed E-state index contributed by atoms with van der Waals surface area (Å²) in [6, 6.07) is 10.2. The lowest BCUT2D eigenvalue weighted by atomic mass is 9.98. The number of halogens is 2. The molecule has 0 saturated heterocycles. The fourth-order valence-corrected chi connectivity index (χ4v) is 3.96. The Kier molecular flexibility index (Phi) is 4.38. The fraction of sp³-hybridized carbons (Fsp3) is 0.294. The van der Waals surface area contributed by atoms with Crippen LogP contribution in [0.4, 0.5) is 0 Å². The second-order valence-corrected chi connectivity index (χ2v) is 7.26. The van der Waals surface area contributed by atoms with Gasteiger partial charge in [0, 0.05) is 21.8 Å². The van der Waals surface area contributed by atoms with Crippen molar-refractivity contribution in [1.29, 1.82) is 0 Å². The van der Waals surface area contributed by atoms with E-state index in [9.17, 15) is 5.11 Å². The molecule has 2 aromatic carbocycles. The van der Waals surface area contributed by atoms with E-state index in [0.29, 0.717) is 6.42 Å². The molecule has 1 unspecified atom stereocenters. The number of hydrogen-bond donors (Lipinski definition) is 1. The average Bonchev–Trinajstić information content (AvgIpc) is 2.85. The number of hydrogen-bond acceptors (Lipinski definition) is 2. The molecule has 0 saturated carbocycles. The van der Waals surface area contributed by atoms with Crippen molar-refractivity contribution in [3.8, 4) is 5.75 Å². The summed E-state index contributed by atoms with van der Waals surface area (Å²) >= 11 is 7.03. The van der Waals surface area contributed by atoms with Crippen molar-refractivity contribution in [3.05, 3.63) is 61.5 Å². The van der Waals surface area contributed by atoms with E-state index in [-0.39, 0.29) is 0 Å². The molecule has 0 amide bonds. The second-order valence-electron chi connectivity index (χ2n) is 5.43. The van der Waals surface area contributed by atoms with E-state index >= 15 is 0 Å². The number of benzene rings is 2. The number of ether oxygens (including phenoxy) is 1. The van der Waals surface area contributed by atoms with Crippen molar-refractivity contribution in [2.24, 2.45) is 0 Å². The highest BCUT2D eigenvalue weighted by Crippen LogP contribution is 2.35. The van der Waals surface area contributed by atoms with Crippen molar-refractivity contribution < 1.29 is 9.84 Å². The lowest BCUT2D eigenvalue weighted by Crippen LogP contribution is -2.04. The Bertz CT molecular complexity index is 662. The van der Waals surface area contributed by atoms with Gasteiger partial charge in [0.2, 0.25) is 0 Å². The van der Waals surface area contributed by atoms with Gasteiger partial charge in [0.1, 0.15) is 5.75 Å². The van der Waals surface area contributed by atoms with Crippen molar-refractivity contribution in [2.75, 3.05) is 6.61 Å². The molecule has 0 aromatic heterocycles. The summed E-state index contributed by atoms with van der Waals surface area (Å²) in [5, 5.41) is 10.6. The van der Waals surface area contributed by atoms with Gasteiger partial charge < -0.3 is 9.84 Å². The quantitative estimate of drug-likeness (QED) is 0.790. The molecule has 21 heavy (non-hydrogen) atoms. The van der Waals surface area contributed by atoms with Gasteiger partial charge in [-0.3, -0.25) is 0 Å². The second kappa shape index (κ2) is 6.11. The van der Waals surface area contributed by atoms with E-state index in [4.69, 9.17) is 4.74 Å². The maximum Gasteiger partial charge on any atom is 0.125 e. The van der Waals surface area contributed by atoms with Crippen LogP contribution in [-0.4, -0.2) is 11.7 Å². The van der Waals surface area contributed by atoms with Gasteiger partial charge in [-0.2, -0.15) is 0 Å². The molecule has 1 aliphatic rings. The maximum absolute atomic E-state index is 10.6. The maximum atomic E-state index is 10.6. The summed E-state index contributed by atoms with van der Waals surface area (Å²) in [6.45, 7) is 2.76. The summed E-state index contributed by atoms with van der Waals surface area (Å²) in [5.74, 6) is 0.948. The molecule has 1 atom stereocenters. The zero-order valence-corrected chi connectivity index (χ0v) is 14.9. The molecule has 4 heteroatoms. The lowest BCUT2D eigenvalue weighted by Gasteiger charge is -2.15. The summed E-state index contributed by atoms with van der Waals surface area (Å²) in [4.78, 5) is 0. The Morgan fingerprint density at radius 2 is 1.90 bits per heavy atom. The minimum Gasteiger partial charge on any atom is -0.493 e. The number of aryl methyl sites for hydroxylation is 1. The predicted octanol–water partition coefficient (Wildman–Crippen LogP) is 4.73. The van der Waals surface area contributed by atoms with Crippen LogP contribution in [0, 0.1) is 6.92 Å². The monoisotopic (exact) mass is 410 g/mol. The lowest BCUT2D eigenvalue weighted by molar-refractivity contribution is 0.177. The molecule has 0 fully saturated rings. The number of fused-ring (bicyclic) bond motifs is 1. The molecular formula is C17H16Br2O2. The molecule has 1 N–H and O–H groups in total. The fourth-order valence-electron chi connectivity index (χ4n) is 2.78. The average molecular weight is 412 g/mol. The van der Waals surface area contributed by atoms with Crippen molar-refractivity contribution in [1.82, 2.24) is 0 Å². The molecule has 2 nitrogen and oxygen atoms in total. The summed E-state index contributed by atoms with van der Waals surface area (Å²) in [6.07, 6.45) is 0.953. The molecule has 0 radical (unpaired) electrons. The molecule has 0 bridgehead atoms. The number of aliphatic hydroxyl groups excluding tert-OH is 1. The van der Waals surface area contributed by atoms with Crippen LogP contribution in [0.5, 0.6) is 5.75 Å². The molecule has 0 spiro atoms. The minimum absolute atomic E-state index is 0.538. The third kappa shape index (κ3) is 3.33. The van der Waals surface area contributed by atoms with Gasteiger partial charge in [0.05, 0.1) is 12.7 Å². The van der Waals surface area contributed by atoms with Crippen LogP contribution >= 0.6 is 31.9 Å². The summed E-state index contributed by atoms with van der Waals surface area (Å²) < 4.78 is 7.76. The first-order valence-corrected chi connectivity index (χ1v) is 8.51. The molecule has 3 rings (SSSR count). The van der Waals surface area contributed by atoms with E-state index in [1.165, 1.54) is 5.56 Å². The van der Waals surface area contributed by atoms with Crippen LogP contribution < -0.4 is 4.74 Å². The minimum atomic E-state index is -0.538. The Balaban J connectivity index is 1.90. The van der Waals surface area contributed by atoms with E-state index in [0.717, 1.165) is 44.4 Å². The highest BCUT2D eigenvalue weighted by molar-refractivity contribution is 9.10. The number of aliphatic hydroxyl groups is 1. The molecule has 1 heterocycles. The zero-order chi connectivity index (χ0) is 15.0. The van der Waals surface area contributed by atoms with Crippen molar-refractivity contribution in [3.63, 3.8) is 0 Å². The van der Waals surface area contributed by atoms with Gasteiger partial charge in [-0.1, -0.05) is 37.9 Å². The van der Waals surface area contributed by atoms with Crippen molar-refractivity contribution in [2.45, 2.75) is 25.9 Å². The first-order chi connectivity index (χ1) is 10.0. The molecular weight excluding hydrogens is 396 g/mol. The Hall–Kier alpha value is -0.840. The third-order valence-corrected chi connectivity index (χ3v) is 4.60. The highest BCUT2D eigenvalue weighted by atomic mass is 79.9. The first-order valence-electron chi connectivity index (χ1n) is 6.92. The normalized spacial score (nSPS) is 14.7. The SMILES string of the molecule is Cc1cc(Br)cc(C(O)Cc2cc(Br)cc3c2OCC3)c1. The largest absolute Gasteiger partial charge is 0.493 e. The van der Waals surface area contributed by atoms with Gasteiger partial charge in [-0.25, -0.2) is 0 Å². The highest BCUT2D eigenvalue weighted by Gasteiger charge is 2.20. The van der Waals surface area contributed by atoms with E-state index < -0.39 is 6.10 Å². The Labute approximate surface area is 141 Å². The van der Waals surface area contributed by atoms with Gasteiger partial charge in [0.25, 0.3) is 0 Å². The van der Waals surface area contributed by atoms with Crippen LogP contribution in [0.3, 0.4) is 0 Å². The van der Waals surface area contributed by atoms with Gasteiger partial charge >= 0.3 is 0 Å². The standard InChI is InChI=1S/C17H16Br2O2/c1-10-4-12(7-14(18)5-10)16(20)9-13-8-15(19)6-11-2-3-21-17(11)13/h4-8,16,20H,2-3,9H2,1H3. The Morgan fingerprint density at radius 1 is 1.14 bits per heavy atom. The predicted molar refractivity (Wildman–Crippen MR) is 90.9 cm³/mol. The van der Waals surface area contributed by atoms with Gasteiger partial charge in [-0.05, 0) is 53.4 Å². The Morgan fingerprint density at radius 3 is 2.67 bits per heavy atom. The molecule has 2 aromatic rings. The number of rotatable bonds is 3. The third-order valence-electron chi connectivity index (χ3n) is 3.69. The first kappa shape index (κ1) is 15.1. The van der Waals surface area contributed by atoms with Gasteiger partial charge in [0.15, 0.2) is 0 Å². The van der Waals surface area contributed by atoms with Gasteiger partial charge in [-0.15, -0.1) is 0 Å². The molecule has 0 aliphatic carbocycles. The van der Waals surface area contributed by atoms with Crippen LogP contribution in [-0.2, 0) is 12.8 Å². The zero-order valence-electron chi connectivity index (χ0n) is 11.7. The molecule has 1 aliphatic heterocycles.